The first kappa shape index (κ1) is 18.2. The predicted molar refractivity (Wildman–Crippen MR) is 101 cm³/mol. The van der Waals surface area contributed by atoms with Gasteiger partial charge in [-0.3, -0.25) is 9.59 Å². The smallest absolute Gasteiger partial charge is 0.276 e. The average Bonchev–Trinajstić information content (AvgIpc) is 2.70. The van der Waals surface area contributed by atoms with E-state index in [0.29, 0.717) is 17.2 Å². The highest BCUT2D eigenvalue weighted by atomic mass is 16.5. The van der Waals surface area contributed by atoms with Gasteiger partial charge in [0, 0.05) is 17.8 Å². The first-order valence-corrected chi connectivity index (χ1v) is 8.37. The van der Waals surface area contributed by atoms with Gasteiger partial charge in [-0.05, 0) is 30.3 Å². The van der Waals surface area contributed by atoms with Gasteiger partial charge in [-0.1, -0.05) is 24.3 Å². The summed E-state index contributed by atoms with van der Waals surface area (Å²) in [6, 6.07) is 19.0. The first-order valence-electron chi connectivity index (χ1n) is 8.37. The second-order valence-electron chi connectivity index (χ2n) is 5.63. The summed E-state index contributed by atoms with van der Waals surface area (Å²) in [7, 11) is 1.55. The van der Waals surface area contributed by atoms with Gasteiger partial charge in [0.15, 0.2) is 0 Å². The summed E-state index contributed by atoms with van der Waals surface area (Å²) in [5.41, 5.74) is 0.410. The van der Waals surface area contributed by atoms with E-state index in [9.17, 15) is 9.59 Å². The Bertz CT molecular complexity index is 970. The number of methoxy groups -OCH3 is 1. The van der Waals surface area contributed by atoms with Crippen LogP contribution in [0.4, 0.5) is 5.69 Å². The molecule has 7 heteroatoms. The van der Waals surface area contributed by atoms with Crippen LogP contribution in [0.5, 0.6) is 11.5 Å². The molecule has 0 spiro atoms. The SMILES string of the molecule is COc1cccc(NC(=O)c2ccc(=O)n(CCOc3ccccc3)n2)c1. The molecular weight excluding hydrogens is 346 g/mol. The number of para-hydroxylation sites is 1. The number of anilines is 1. The number of hydrogen-bond acceptors (Lipinski definition) is 5. The Kier molecular flexibility index (Phi) is 5.84. The number of nitrogens with zero attached hydrogens (tertiary/aromatic N) is 2. The van der Waals surface area contributed by atoms with Crippen molar-refractivity contribution in [2.24, 2.45) is 0 Å². The summed E-state index contributed by atoms with van der Waals surface area (Å²) < 4.78 is 11.9. The van der Waals surface area contributed by atoms with Gasteiger partial charge in [-0.2, -0.15) is 5.10 Å². The van der Waals surface area contributed by atoms with Crippen molar-refractivity contribution in [2.75, 3.05) is 19.0 Å². The molecule has 0 unspecified atom stereocenters. The van der Waals surface area contributed by atoms with E-state index < -0.39 is 5.91 Å². The Balaban J connectivity index is 1.66. The molecule has 7 nitrogen and oxygen atoms in total. The van der Waals surface area contributed by atoms with Gasteiger partial charge in [0.25, 0.3) is 11.5 Å². The zero-order valence-electron chi connectivity index (χ0n) is 14.8. The third-order valence-corrected chi connectivity index (χ3v) is 3.74. The molecule has 1 N–H and O–H groups in total. The van der Waals surface area contributed by atoms with E-state index in [1.165, 1.54) is 16.8 Å². The summed E-state index contributed by atoms with van der Waals surface area (Å²) in [5.74, 6) is 0.919. The number of amides is 1. The fourth-order valence-corrected chi connectivity index (χ4v) is 2.39. The number of carbonyl (C=O) groups is 1. The van der Waals surface area contributed by atoms with E-state index in [1.54, 1.807) is 31.4 Å². The normalized spacial score (nSPS) is 10.3. The van der Waals surface area contributed by atoms with Gasteiger partial charge >= 0.3 is 0 Å². The van der Waals surface area contributed by atoms with E-state index in [1.807, 2.05) is 30.3 Å². The topological polar surface area (TPSA) is 82.5 Å². The lowest BCUT2D eigenvalue weighted by Crippen LogP contribution is -2.28. The Labute approximate surface area is 156 Å². The van der Waals surface area contributed by atoms with E-state index >= 15 is 0 Å². The zero-order valence-corrected chi connectivity index (χ0v) is 14.8. The van der Waals surface area contributed by atoms with E-state index in [-0.39, 0.29) is 24.4 Å². The van der Waals surface area contributed by atoms with Crippen molar-refractivity contribution in [2.45, 2.75) is 6.54 Å². The van der Waals surface area contributed by atoms with E-state index in [0.717, 1.165) is 0 Å². The minimum atomic E-state index is -0.416. The van der Waals surface area contributed by atoms with E-state index in [4.69, 9.17) is 9.47 Å². The summed E-state index contributed by atoms with van der Waals surface area (Å²) >= 11 is 0. The molecule has 3 aromatic rings. The highest BCUT2D eigenvalue weighted by molar-refractivity contribution is 6.02. The minimum Gasteiger partial charge on any atom is -0.497 e. The number of carbonyl (C=O) groups excluding carboxylic acids is 1. The van der Waals surface area contributed by atoms with Gasteiger partial charge in [-0.25, -0.2) is 4.68 Å². The maximum absolute atomic E-state index is 12.4. The minimum absolute atomic E-state index is 0.136. The molecule has 2 aromatic carbocycles. The van der Waals surface area contributed by atoms with Crippen LogP contribution in [-0.4, -0.2) is 29.4 Å². The number of ether oxygens (including phenoxy) is 2. The van der Waals surface area contributed by atoms with Crippen molar-refractivity contribution in [1.82, 2.24) is 9.78 Å². The fraction of sp³-hybridized carbons (Fsp3) is 0.150. The molecule has 0 aliphatic carbocycles. The lowest BCUT2D eigenvalue weighted by atomic mass is 10.3. The molecule has 0 aliphatic heterocycles. The molecule has 0 radical (unpaired) electrons. The van der Waals surface area contributed by atoms with Crippen molar-refractivity contribution in [3.8, 4) is 11.5 Å². The summed E-state index contributed by atoms with van der Waals surface area (Å²) in [4.78, 5) is 24.4. The summed E-state index contributed by atoms with van der Waals surface area (Å²) in [6.07, 6.45) is 0. The highest BCUT2D eigenvalue weighted by Gasteiger charge is 2.10. The first-order chi connectivity index (χ1) is 13.2. The van der Waals surface area contributed by atoms with Crippen LogP contribution in [-0.2, 0) is 6.54 Å². The Morgan fingerprint density at radius 1 is 1.04 bits per heavy atom. The average molecular weight is 365 g/mol. The fourth-order valence-electron chi connectivity index (χ4n) is 2.39. The monoisotopic (exact) mass is 365 g/mol. The van der Waals surface area contributed by atoms with Gasteiger partial charge in [-0.15, -0.1) is 0 Å². The van der Waals surface area contributed by atoms with Crippen LogP contribution >= 0.6 is 0 Å². The lowest BCUT2D eigenvalue weighted by Gasteiger charge is -2.09. The standard InChI is InChI=1S/C20H19N3O4/c1-26-17-9-5-6-15(14-17)21-20(25)18-10-11-19(24)23(22-18)12-13-27-16-7-3-2-4-8-16/h2-11,14H,12-13H2,1H3,(H,21,25). The third-order valence-electron chi connectivity index (χ3n) is 3.74. The molecule has 0 aliphatic rings. The van der Waals surface area contributed by atoms with Crippen LogP contribution in [0.3, 0.4) is 0 Å². The van der Waals surface area contributed by atoms with Gasteiger partial charge in [0.1, 0.15) is 23.8 Å². The maximum Gasteiger partial charge on any atom is 0.276 e. The molecule has 138 valence electrons. The summed E-state index contributed by atoms with van der Waals surface area (Å²) in [6.45, 7) is 0.492. The van der Waals surface area contributed by atoms with Crippen LogP contribution in [0, 0.1) is 0 Å². The molecule has 1 heterocycles. The van der Waals surface area contributed by atoms with Crippen molar-refractivity contribution >= 4 is 11.6 Å². The molecule has 0 saturated carbocycles. The molecule has 0 fully saturated rings. The Morgan fingerprint density at radius 2 is 1.81 bits per heavy atom. The third kappa shape index (κ3) is 4.94. The molecular formula is C20H19N3O4. The molecule has 1 aromatic heterocycles. The van der Waals surface area contributed by atoms with Crippen LogP contribution in [0.15, 0.2) is 71.5 Å². The number of hydrogen-bond donors (Lipinski definition) is 1. The van der Waals surface area contributed by atoms with Gasteiger partial charge in [0.05, 0.1) is 13.7 Å². The van der Waals surface area contributed by atoms with Crippen LogP contribution in [0.1, 0.15) is 10.5 Å². The Hall–Kier alpha value is -3.61. The second kappa shape index (κ2) is 8.66. The molecule has 0 atom stereocenters. The highest BCUT2D eigenvalue weighted by Crippen LogP contribution is 2.17. The quantitative estimate of drug-likeness (QED) is 0.696. The molecule has 27 heavy (non-hydrogen) atoms. The number of benzene rings is 2. The molecule has 1 amide bonds. The molecule has 0 bridgehead atoms. The number of rotatable bonds is 7. The van der Waals surface area contributed by atoms with E-state index in [2.05, 4.69) is 10.4 Å². The van der Waals surface area contributed by atoms with Crippen molar-refractivity contribution in [1.29, 1.82) is 0 Å². The Morgan fingerprint density at radius 3 is 2.59 bits per heavy atom. The van der Waals surface area contributed by atoms with Gasteiger partial charge in [0.2, 0.25) is 0 Å². The van der Waals surface area contributed by atoms with Crippen LogP contribution < -0.4 is 20.3 Å². The summed E-state index contributed by atoms with van der Waals surface area (Å²) in [5, 5.41) is 6.86. The van der Waals surface area contributed by atoms with Gasteiger partial charge < -0.3 is 14.8 Å². The second-order valence-corrected chi connectivity index (χ2v) is 5.63. The number of nitrogens with one attached hydrogen (secondary N) is 1. The maximum atomic E-state index is 12.4. The van der Waals surface area contributed by atoms with Crippen LogP contribution in [0.2, 0.25) is 0 Å². The molecule has 0 saturated heterocycles. The molecule has 3 rings (SSSR count). The van der Waals surface area contributed by atoms with Crippen molar-refractivity contribution in [3.05, 3.63) is 82.8 Å². The lowest BCUT2D eigenvalue weighted by molar-refractivity contribution is 0.101. The number of aromatic nitrogens is 2. The van der Waals surface area contributed by atoms with Crippen molar-refractivity contribution < 1.29 is 14.3 Å². The predicted octanol–water partition coefficient (Wildman–Crippen LogP) is 2.58. The largest absolute Gasteiger partial charge is 0.497 e. The zero-order chi connectivity index (χ0) is 19.1. The van der Waals surface area contributed by atoms with Crippen molar-refractivity contribution in [3.63, 3.8) is 0 Å². The van der Waals surface area contributed by atoms with Crippen LogP contribution in [0.25, 0.3) is 0 Å².